The Balaban J connectivity index is 1.85. The van der Waals surface area contributed by atoms with E-state index in [9.17, 15) is 4.39 Å². The molecule has 1 saturated carbocycles. The van der Waals surface area contributed by atoms with Crippen LogP contribution in [0.4, 0.5) is 10.2 Å². The first-order valence-electron chi connectivity index (χ1n) is 6.59. The van der Waals surface area contributed by atoms with Gasteiger partial charge in [-0.2, -0.15) is 4.39 Å². The predicted octanol–water partition coefficient (Wildman–Crippen LogP) is 2.77. The van der Waals surface area contributed by atoms with E-state index in [1.54, 1.807) is 0 Å². The van der Waals surface area contributed by atoms with E-state index >= 15 is 0 Å². The van der Waals surface area contributed by atoms with Gasteiger partial charge in [0.2, 0.25) is 5.95 Å². The Bertz CT molecular complexity index is 394. The molecule has 1 aliphatic heterocycles. The molecule has 2 unspecified atom stereocenters. The molecule has 1 saturated heterocycles. The van der Waals surface area contributed by atoms with Crippen molar-refractivity contribution < 1.29 is 4.39 Å². The molecular weight excluding hydrogens is 217 g/mol. The van der Waals surface area contributed by atoms with E-state index in [-0.39, 0.29) is 0 Å². The third-order valence-electron chi connectivity index (χ3n) is 4.16. The first-order chi connectivity index (χ1) is 8.34. The van der Waals surface area contributed by atoms with E-state index in [0.717, 1.165) is 18.3 Å². The average molecular weight is 235 g/mol. The lowest BCUT2D eigenvalue weighted by Crippen LogP contribution is -2.47. The van der Waals surface area contributed by atoms with Crippen LogP contribution >= 0.6 is 0 Å². The number of halogens is 1. The molecule has 92 valence electrons. The Labute approximate surface area is 101 Å². The highest BCUT2D eigenvalue weighted by atomic mass is 19.1. The molecule has 3 rings (SSSR count). The lowest BCUT2D eigenvalue weighted by atomic mass is 9.78. The molecule has 0 N–H and O–H groups in total. The molecule has 17 heavy (non-hydrogen) atoms. The molecule has 0 spiro atoms. The van der Waals surface area contributed by atoms with Gasteiger partial charge in [-0.05, 0) is 31.6 Å². The van der Waals surface area contributed by atoms with Crippen molar-refractivity contribution in [1.29, 1.82) is 0 Å². The summed E-state index contributed by atoms with van der Waals surface area (Å²) in [6, 6.07) is 2.04. The van der Waals surface area contributed by atoms with Crippen molar-refractivity contribution in [3.63, 3.8) is 0 Å². The summed E-state index contributed by atoms with van der Waals surface area (Å²) in [7, 11) is 0. The number of aromatic nitrogens is 2. The van der Waals surface area contributed by atoms with Crippen LogP contribution in [0, 0.1) is 11.9 Å². The van der Waals surface area contributed by atoms with Gasteiger partial charge in [0.25, 0.3) is 0 Å². The topological polar surface area (TPSA) is 29.0 Å². The summed E-state index contributed by atoms with van der Waals surface area (Å²) in [6.07, 6.45) is 9.07. The summed E-state index contributed by atoms with van der Waals surface area (Å²) in [4.78, 5) is 10.1. The minimum atomic E-state index is -0.423. The number of hydrogen-bond donors (Lipinski definition) is 0. The quantitative estimate of drug-likeness (QED) is 0.701. The Morgan fingerprint density at radius 1 is 1.12 bits per heavy atom. The van der Waals surface area contributed by atoms with Crippen LogP contribution in [-0.4, -0.2) is 22.6 Å². The molecule has 0 bridgehead atoms. The summed E-state index contributed by atoms with van der Waals surface area (Å²) < 4.78 is 13.2. The van der Waals surface area contributed by atoms with Gasteiger partial charge in [-0.15, -0.1) is 0 Å². The lowest BCUT2D eigenvalue weighted by Gasteiger charge is -2.44. The maximum absolute atomic E-state index is 13.2. The van der Waals surface area contributed by atoms with Crippen LogP contribution in [0.1, 0.15) is 38.5 Å². The fourth-order valence-corrected chi connectivity index (χ4v) is 3.39. The molecule has 1 aromatic heterocycles. The van der Waals surface area contributed by atoms with Crippen LogP contribution in [0.2, 0.25) is 0 Å². The van der Waals surface area contributed by atoms with Crippen LogP contribution in [0.25, 0.3) is 0 Å². The van der Waals surface area contributed by atoms with Crippen LogP contribution in [0.5, 0.6) is 0 Å². The van der Waals surface area contributed by atoms with Gasteiger partial charge in [-0.25, -0.2) is 9.97 Å². The van der Waals surface area contributed by atoms with Crippen molar-refractivity contribution in [3.05, 3.63) is 18.3 Å². The fourth-order valence-electron chi connectivity index (χ4n) is 3.39. The van der Waals surface area contributed by atoms with Crippen molar-refractivity contribution in [3.8, 4) is 0 Å². The molecule has 2 fully saturated rings. The number of fused-ring (bicyclic) bond motifs is 1. The van der Waals surface area contributed by atoms with Crippen molar-refractivity contribution in [2.24, 2.45) is 5.92 Å². The number of hydrogen-bond acceptors (Lipinski definition) is 3. The van der Waals surface area contributed by atoms with Crippen molar-refractivity contribution >= 4 is 5.82 Å². The fraction of sp³-hybridized carbons (Fsp3) is 0.692. The molecular formula is C13H18FN3. The Kier molecular flexibility index (Phi) is 2.95. The zero-order chi connectivity index (χ0) is 11.7. The van der Waals surface area contributed by atoms with Gasteiger partial charge < -0.3 is 4.90 Å². The molecule has 2 atom stereocenters. The first kappa shape index (κ1) is 10.9. The summed E-state index contributed by atoms with van der Waals surface area (Å²) in [5.41, 5.74) is 0. The summed E-state index contributed by atoms with van der Waals surface area (Å²) in [6.45, 7) is 1.01. The van der Waals surface area contributed by atoms with Gasteiger partial charge in [-0.3, -0.25) is 0 Å². The molecule has 1 aliphatic carbocycles. The molecule has 3 nitrogen and oxygen atoms in total. The predicted molar refractivity (Wildman–Crippen MR) is 64.3 cm³/mol. The number of piperidine rings is 1. The zero-order valence-corrected chi connectivity index (χ0v) is 9.98. The molecule has 0 amide bonds. The Morgan fingerprint density at radius 3 is 2.82 bits per heavy atom. The average Bonchev–Trinajstić information content (AvgIpc) is 2.38. The van der Waals surface area contributed by atoms with Gasteiger partial charge >= 0.3 is 0 Å². The monoisotopic (exact) mass is 235 g/mol. The molecule has 1 aromatic rings. The molecule has 4 heteroatoms. The third-order valence-corrected chi connectivity index (χ3v) is 4.16. The second-order valence-electron chi connectivity index (χ2n) is 5.15. The van der Waals surface area contributed by atoms with Crippen LogP contribution in [-0.2, 0) is 0 Å². The van der Waals surface area contributed by atoms with Crippen LogP contribution in [0.15, 0.2) is 12.4 Å². The largest absolute Gasteiger partial charge is 0.353 e. The van der Waals surface area contributed by atoms with Gasteiger partial charge in [0.15, 0.2) is 0 Å². The van der Waals surface area contributed by atoms with E-state index in [0.29, 0.717) is 6.04 Å². The molecule has 0 radical (unpaired) electrons. The first-order valence-corrected chi connectivity index (χ1v) is 6.59. The Morgan fingerprint density at radius 2 is 1.94 bits per heavy atom. The number of rotatable bonds is 1. The van der Waals surface area contributed by atoms with Crippen LogP contribution < -0.4 is 4.90 Å². The van der Waals surface area contributed by atoms with E-state index in [1.807, 2.05) is 0 Å². The third kappa shape index (κ3) is 2.13. The summed E-state index contributed by atoms with van der Waals surface area (Å²) in [5.74, 6) is 1.14. The highest BCUT2D eigenvalue weighted by Gasteiger charge is 2.33. The minimum Gasteiger partial charge on any atom is -0.353 e. The Hall–Kier alpha value is -1.19. The molecule has 2 heterocycles. The zero-order valence-electron chi connectivity index (χ0n) is 9.98. The van der Waals surface area contributed by atoms with Gasteiger partial charge in [0.05, 0.1) is 0 Å². The standard InChI is InChI=1S/C13H18FN3/c14-12-8-13(16-9-15-12)17-7-3-5-10-4-1-2-6-11(10)17/h8-11H,1-7H2. The van der Waals surface area contributed by atoms with Gasteiger partial charge in [0, 0.05) is 18.7 Å². The van der Waals surface area contributed by atoms with Gasteiger partial charge in [0.1, 0.15) is 12.1 Å². The van der Waals surface area contributed by atoms with Crippen LogP contribution in [0.3, 0.4) is 0 Å². The lowest BCUT2D eigenvalue weighted by molar-refractivity contribution is 0.242. The van der Waals surface area contributed by atoms with Gasteiger partial charge in [-0.1, -0.05) is 12.8 Å². The number of nitrogens with zero attached hydrogens (tertiary/aromatic N) is 3. The van der Waals surface area contributed by atoms with Crippen molar-refractivity contribution in [2.45, 2.75) is 44.6 Å². The van der Waals surface area contributed by atoms with E-state index in [1.165, 1.54) is 50.9 Å². The van der Waals surface area contributed by atoms with E-state index in [4.69, 9.17) is 0 Å². The van der Waals surface area contributed by atoms with E-state index in [2.05, 4.69) is 14.9 Å². The highest BCUT2D eigenvalue weighted by Crippen LogP contribution is 2.36. The second-order valence-corrected chi connectivity index (χ2v) is 5.15. The SMILES string of the molecule is Fc1cc(N2CCCC3CCCCC32)ncn1. The van der Waals surface area contributed by atoms with Crippen molar-refractivity contribution in [1.82, 2.24) is 9.97 Å². The van der Waals surface area contributed by atoms with Crippen molar-refractivity contribution in [2.75, 3.05) is 11.4 Å². The molecule has 0 aromatic carbocycles. The maximum Gasteiger partial charge on any atom is 0.218 e. The second kappa shape index (κ2) is 4.59. The summed E-state index contributed by atoms with van der Waals surface area (Å²) >= 11 is 0. The summed E-state index contributed by atoms with van der Waals surface area (Å²) in [5, 5.41) is 0. The number of anilines is 1. The maximum atomic E-state index is 13.2. The van der Waals surface area contributed by atoms with E-state index < -0.39 is 5.95 Å². The smallest absolute Gasteiger partial charge is 0.218 e. The normalized spacial score (nSPS) is 28.9. The molecule has 2 aliphatic rings. The highest BCUT2D eigenvalue weighted by molar-refractivity contribution is 5.39. The minimum absolute atomic E-state index is 0.423.